The molecule has 0 atom stereocenters. The monoisotopic (exact) mass is 284 g/mol. The number of hydrogen-bond donors (Lipinski definition) is 2. The lowest BCUT2D eigenvalue weighted by molar-refractivity contribution is 0.174. The highest BCUT2D eigenvalue weighted by Gasteiger charge is 2.27. The number of nitrogens with one attached hydrogen (secondary N) is 2. The fourth-order valence-corrected chi connectivity index (χ4v) is 3.79. The first-order valence-corrected chi connectivity index (χ1v) is 7.82. The van der Waals surface area contributed by atoms with Gasteiger partial charge in [0, 0.05) is 6.07 Å². The number of anilines is 1. The van der Waals surface area contributed by atoms with Crippen molar-refractivity contribution in [3.8, 4) is 11.5 Å². The number of piperidine rings is 1. The quantitative estimate of drug-likeness (QED) is 0.862. The Labute approximate surface area is 112 Å². The van der Waals surface area contributed by atoms with Gasteiger partial charge in [-0.25, -0.2) is 8.42 Å². The fourth-order valence-electron chi connectivity index (χ4n) is 2.31. The van der Waals surface area contributed by atoms with Crippen LogP contribution >= 0.6 is 0 Å². The van der Waals surface area contributed by atoms with E-state index in [4.69, 9.17) is 9.47 Å². The molecule has 0 aromatic heterocycles. The summed E-state index contributed by atoms with van der Waals surface area (Å²) < 4.78 is 37.5. The molecule has 2 aliphatic heterocycles. The number of hydrogen-bond acceptors (Lipinski definition) is 5. The average Bonchev–Trinajstić information content (AvgIpc) is 2.87. The zero-order valence-corrected chi connectivity index (χ0v) is 11.2. The Balaban J connectivity index is 1.76. The van der Waals surface area contributed by atoms with Gasteiger partial charge in [-0.05, 0) is 38.1 Å². The van der Waals surface area contributed by atoms with Crippen LogP contribution in [0.15, 0.2) is 18.2 Å². The first-order chi connectivity index (χ1) is 9.15. The van der Waals surface area contributed by atoms with E-state index in [1.165, 1.54) is 0 Å². The van der Waals surface area contributed by atoms with Crippen LogP contribution in [0.25, 0.3) is 0 Å². The summed E-state index contributed by atoms with van der Waals surface area (Å²) >= 11 is 0. The SMILES string of the molecule is O=S(=O)(Nc1ccc2c(c1)OCO2)C1CCNCC1. The summed E-state index contributed by atoms with van der Waals surface area (Å²) in [5.74, 6) is 1.22. The van der Waals surface area contributed by atoms with Crippen molar-refractivity contribution < 1.29 is 17.9 Å². The molecule has 0 aliphatic carbocycles. The Hall–Kier alpha value is -1.47. The molecule has 2 N–H and O–H groups in total. The molecule has 0 bridgehead atoms. The molecule has 0 radical (unpaired) electrons. The van der Waals surface area contributed by atoms with E-state index in [1.807, 2.05) is 0 Å². The fraction of sp³-hybridized carbons (Fsp3) is 0.500. The van der Waals surface area contributed by atoms with Gasteiger partial charge in [0.2, 0.25) is 16.8 Å². The smallest absolute Gasteiger partial charge is 0.235 e. The predicted molar refractivity (Wildman–Crippen MR) is 71.0 cm³/mol. The molecular weight excluding hydrogens is 268 g/mol. The molecule has 0 saturated carbocycles. The Kier molecular flexibility index (Phi) is 3.24. The van der Waals surface area contributed by atoms with Crippen molar-refractivity contribution in [2.24, 2.45) is 0 Å². The zero-order chi connectivity index (χ0) is 13.3. The minimum absolute atomic E-state index is 0.180. The standard InChI is InChI=1S/C12H16N2O4S/c15-19(16,10-3-5-13-6-4-10)14-9-1-2-11-12(7-9)18-8-17-11/h1-2,7,10,13-14H,3-6,8H2. The van der Waals surface area contributed by atoms with Gasteiger partial charge in [0.25, 0.3) is 0 Å². The molecule has 1 saturated heterocycles. The lowest BCUT2D eigenvalue weighted by Gasteiger charge is -2.23. The maximum Gasteiger partial charge on any atom is 0.235 e. The van der Waals surface area contributed by atoms with Crippen molar-refractivity contribution >= 4 is 15.7 Å². The van der Waals surface area contributed by atoms with E-state index in [0.717, 1.165) is 13.1 Å². The maximum absolute atomic E-state index is 12.2. The molecule has 0 spiro atoms. The second-order valence-electron chi connectivity index (χ2n) is 4.66. The van der Waals surface area contributed by atoms with Crippen LogP contribution in [0, 0.1) is 0 Å². The summed E-state index contributed by atoms with van der Waals surface area (Å²) in [7, 11) is -3.34. The largest absolute Gasteiger partial charge is 0.454 e. The molecule has 1 aromatic rings. The van der Waals surface area contributed by atoms with E-state index in [1.54, 1.807) is 18.2 Å². The number of fused-ring (bicyclic) bond motifs is 1. The summed E-state index contributed by atoms with van der Waals surface area (Å²) in [5, 5.41) is 2.82. The Bertz CT molecular complexity index is 567. The highest BCUT2D eigenvalue weighted by molar-refractivity contribution is 7.93. The van der Waals surface area contributed by atoms with Crippen molar-refractivity contribution in [3.05, 3.63) is 18.2 Å². The van der Waals surface area contributed by atoms with Crippen LogP contribution in [0.5, 0.6) is 11.5 Å². The second kappa shape index (κ2) is 4.90. The topological polar surface area (TPSA) is 76.7 Å². The maximum atomic E-state index is 12.2. The molecule has 19 heavy (non-hydrogen) atoms. The molecule has 0 amide bonds. The van der Waals surface area contributed by atoms with Gasteiger partial charge in [-0.2, -0.15) is 0 Å². The van der Waals surface area contributed by atoms with E-state index >= 15 is 0 Å². The van der Waals surface area contributed by atoms with Crippen molar-refractivity contribution in [1.82, 2.24) is 5.32 Å². The molecule has 3 rings (SSSR count). The summed E-state index contributed by atoms with van der Waals surface area (Å²) in [4.78, 5) is 0. The molecule has 104 valence electrons. The molecule has 2 aliphatic rings. The van der Waals surface area contributed by atoms with E-state index in [9.17, 15) is 8.42 Å². The van der Waals surface area contributed by atoms with E-state index in [-0.39, 0.29) is 12.0 Å². The summed E-state index contributed by atoms with van der Waals surface area (Å²) in [6.45, 7) is 1.67. The lowest BCUT2D eigenvalue weighted by Crippen LogP contribution is -2.38. The minimum Gasteiger partial charge on any atom is -0.454 e. The van der Waals surface area contributed by atoms with E-state index < -0.39 is 10.0 Å². The lowest BCUT2D eigenvalue weighted by atomic mass is 10.2. The number of ether oxygens (including phenoxy) is 2. The van der Waals surface area contributed by atoms with Crippen molar-refractivity contribution in [1.29, 1.82) is 0 Å². The third-order valence-corrected chi connectivity index (χ3v) is 5.23. The normalized spacial score (nSPS) is 19.4. The van der Waals surface area contributed by atoms with Crippen molar-refractivity contribution in [2.45, 2.75) is 18.1 Å². The first kappa shape index (κ1) is 12.6. The molecular formula is C12H16N2O4S. The third-order valence-electron chi connectivity index (χ3n) is 3.36. The average molecular weight is 284 g/mol. The van der Waals surface area contributed by atoms with Crippen molar-refractivity contribution in [3.63, 3.8) is 0 Å². The van der Waals surface area contributed by atoms with E-state index in [0.29, 0.717) is 30.0 Å². The molecule has 0 unspecified atom stereocenters. The molecule has 7 heteroatoms. The van der Waals surface area contributed by atoms with Crippen LogP contribution in [0.2, 0.25) is 0 Å². The first-order valence-electron chi connectivity index (χ1n) is 6.27. The summed E-state index contributed by atoms with van der Waals surface area (Å²) in [6, 6.07) is 5.05. The predicted octanol–water partition coefficient (Wildman–Crippen LogP) is 0.909. The third kappa shape index (κ3) is 2.62. The van der Waals surface area contributed by atoms with Gasteiger partial charge in [-0.15, -0.1) is 0 Å². The van der Waals surface area contributed by atoms with Crippen LogP contribution in [-0.4, -0.2) is 33.6 Å². The van der Waals surface area contributed by atoms with Gasteiger partial charge in [-0.3, -0.25) is 4.72 Å². The van der Waals surface area contributed by atoms with Crippen LogP contribution < -0.4 is 19.5 Å². The summed E-state index contributed by atoms with van der Waals surface area (Å²) in [5.41, 5.74) is 0.516. The second-order valence-corrected chi connectivity index (χ2v) is 6.63. The zero-order valence-electron chi connectivity index (χ0n) is 10.4. The molecule has 1 aromatic carbocycles. The molecule has 1 fully saturated rings. The number of sulfonamides is 1. The van der Waals surface area contributed by atoms with Crippen molar-refractivity contribution in [2.75, 3.05) is 24.6 Å². The van der Waals surface area contributed by atoms with Gasteiger partial charge >= 0.3 is 0 Å². The highest BCUT2D eigenvalue weighted by Crippen LogP contribution is 2.34. The number of rotatable bonds is 3. The minimum atomic E-state index is -3.34. The van der Waals surface area contributed by atoms with E-state index in [2.05, 4.69) is 10.0 Å². The molecule has 2 heterocycles. The number of benzene rings is 1. The van der Waals surface area contributed by atoms with Gasteiger partial charge in [0.05, 0.1) is 10.9 Å². The van der Waals surface area contributed by atoms with Crippen LogP contribution in [0.4, 0.5) is 5.69 Å². The Morgan fingerprint density at radius 2 is 1.89 bits per heavy atom. The Morgan fingerprint density at radius 3 is 2.68 bits per heavy atom. The van der Waals surface area contributed by atoms with Crippen LogP contribution in [-0.2, 0) is 10.0 Å². The van der Waals surface area contributed by atoms with Crippen LogP contribution in [0.3, 0.4) is 0 Å². The molecule has 6 nitrogen and oxygen atoms in total. The van der Waals surface area contributed by atoms with Gasteiger partial charge in [0.15, 0.2) is 11.5 Å². The highest BCUT2D eigenvalue weighted by atomic mass is 32.2. The van der Waals surface area contributed by atoms with Gasteiger partial charge in [-0.1, -0.05) is 0 Å². The van der Waals surface area contributed by atoms with Gasteiger partial charge in [0.1, 0.15) is 0 Å². The van der Waals surface area contributed by atoms with Gasteiger partial charge < -0.3 is 14.8 Å². The Morgan fingerprint density at radius 1 is 1.16 bits per heavy atom. The summed E-state index contributed by atoms with van der Waals surface area (Å²) in [6.07, 6.45) is 1.28. The van der Waals surface area contributed by atoms with Crippen LogP contribution in [0.1, 0.15) is 12.8 Å².